The Bertz CT molecular complexity index is 190. The lowest BCUT2D eigenvalue weighted by atomic mass is 10.2. The van der Waals surface area contributed by atoms with Crippen LogP contribution >= 0.6 is 11.8 Å². The Morgan fingerprint density at radius 3 is 2.53 bits per heavy atom. The van der Waals surface area contributed by atoms with Gasteiger partial charge in [-0.3, -0.25) is 4.79 Å². The van der Waals surface area contributed by atoms with E-state index < -0.39 is 0 Å². The minimum absolute atomic E-state index is 0.0287. The average Bonchev–Trinajstić information content (AvgIpc) is 2.21. The summed E-state index contributed by atoms with van der Waals surface area (Å²) < 4.78 is 5.34. The first-order valence-corrected chi connectivity index (χ1v) is 6.57. The first kappa shape index (κ1) is 14.7. The standard InChI is InChI=1S/C12H22O2S/c1-4-5-6-7-8-9-14-10-15-12(13)11(2)3/h2,4-10H2,1,3H3. The van der Waals surface area contributed by atoms with Gasteiger partial charge in [-0.05, 0) is 18.9 Å². The van der Waals surface area contributed by atoms with Gasteiger partial charge in [-0.2, -0.15) is 0 Å². The number of rotatable bonds is 9. The molecule has 0 aromatic heterocycles. The lowest BCUT2D eigenvalue weighted by Crippen LogP contribution is -1.98. The number of ether oxygens (including phenoxy) is 1. The number of carbonyl (C=O) groups excluding carboxylic acids is 1. The molecule has 0 aliphatic rings. The highest BCUT2D eigenvalue weighted by Crippen LogP contribution is 2.09. The van der Waals surface area contributed by atoms with E-state index in [-0.39, 0.29) is 5.12 Å². The number of hydrogen-bond acceptors (Lipinski definition) is 3. The molecule has 15 heavy (non-hydrogen) atoms. The Labute approximate surface area is 97.5 Å². The highest BCUT2D eigenvalue weighted by molar-refractivity contribution is 8.14. The van der Waals surface area contributed by atoms with Crippen molar-refractivity contribution in [2.75, 3.05) is 12.5 Å². The molecule has 0 saturated heterocycles. The van der Waals surface area contributed by atoms with Crippen LogP contribution in [0.5, 0.6) is 0 Å². The van der Waals surface area contributed by atoms with Gasteiger partial charge in [-0.25, -0.2) is 0 Å². The van der Waals surface area contributed by atoms with Gasteiger partial charge in [0.15, 0.2) is 0 Å². The smallest absolute Gasteiger partial charge is 0.216 e. The van der Waals surface area contributed by atoms with E-state index >= 15 is 0 Å². The van der Waals surface area contributed by atoms with Gasteiger partial charge < -0.3 is 4.74 Å². The molecule has 0 aliphatic carbocycles. The normalized spacial score (nSPS) is 10.3. The second-order valence-corrected chi connectivity index (χ2v) is 4.55. The second-order valence-electron chi connectivity index (χ2n) is 3.65. The van der Waals surface area contributed by atoms with Crippen LogP contribution in [-0.4, -0.2) is 17.7 Å². The fourth-order valence-electron chi connectivity index (χ4n) is 1.08. The van der Waals surface area contributed by atoms with Crippen LogP contribution < -0.4 is 0 Å². The van der Waals surface area contributed by atoms with Crippen molar-refractivity contribution >= 4 is 16.9 Å². The van der Waals surface area contributed by atoms with E-state index in [4.69, 9.17) is 4.74 Å². The Kier molecular flexibility index (Phi) is 10.1. The molecule has 0 radical (unpaired) electrons. The van der Waals surface area contributed by atoms with Crippen molar-refractivity contribution in [2.24, 2.45) is 0 Å². The third kappa shape index (κ3) is 10.0. The van der Waals surface area contributed by atoms with E-state index in [2.05, 4.69) is 13.5 Å². The second kappa shape index (κ2) is 10.2. The van der Waals surface area contributed by atoms with E-state index in [9.17, 15) is 4.79 Å². The SMILES string of the molecule is C=C(C)C(=O)SCOCCCCCCC. The number of thioether (sulfide) groups is 1. The summed E-state index contributed by atoms with van der Waals surface area (Å²) in [5.41, 5.74) is 0.589. The van der Waals surface area contributed by atoms with Crippen LogP contribution in [0.15, 0.2) is 12.2 Å². The van der Waals surface area contributed by atoms with Crippen molar-refractivity contribution in [3.8, 4) is 0 Å². The van der Waals surface area contributed by atoms with Crippen LogP contribution in [0, 0.1) is 0 Å². The summed E-state index contributed by atoms with van der Waals surface area (Å²) in [6.07, 6.45) is 6.19. The molecule has 88 valence electrons. The van der Waals surface area contributed by atoms with Gasteiger partial charge in [-0.15, -0.1) is 0 Å². The summed E-state index contributed by atoms with van der Waals surface area (Å²) in [4.78, 5) is 11.1. The Balaban J connectivity index is 3.11. The minimum Gasteiger partial charge on any atom is -0.370 e. The first-order chi connectivity index (χ1) is 7.18. The molecule has 0 amide bonds. The van der Waals surface area contributed by atoms with Crippen LogP contribution in [0.3, 0.4) is 0 Å². The molecule has 0 N–H and O–H groups in total. The zero-order valence-electron chi connectivity index (χ0n) is 9.88. The van der Waals surface area contributed by atoms with E-state index in [0.29, 0.717) is 11.5 Å². The molecule has 0 atom stereocenters. The maximum Gasteiger partial charge on any atom is 0.216 e. The zero-order valence-corrected chi connectivity index (χ0v) is 10.7. The van der Waals surface area contributed by atoms with Crippen molar-refractivity contribution in [3.05, 3.63) is 12.2 Å². The summed E-state index contributed by atoms with van der Waals surface area (Å²) in [5.74, 6) is 0.458. The molecule has 0 aliphatic heterocycles. The Morgan fingerprint density at radius 1 is 1.27 bits per heavy atom. The van der Waals surface area contributed by atoms with E-state index in [1.54, 1.807) is 6.92 Å². The summed E-state index contributed by atoms with van der Waals surface area (Å²) in [6, 6.07) is 0. The summed E-state index contributed by atoms with van der Waals surface area (Å²) in [7, 11) is 0. The zero-order chi connectivity index (χ0) is 11.5. The molecule has 0 unspecified atom stereocenters. The number of hydrogen-bond donors (Lipinski definition) is 0. The van der Waals surface area contributed by atoms with Crippen molar-refractivity contribution in [1.82, 2.24) is 0 Å². The topological polar surface area (TPSA) is 26.3 Å². The molecule has 0 aromatic rings. The van der Waals surface area contributed by atoms with Crippen LogP contribution in [0.4, 0.5) is 0 Å². The molecule has 0 rings (SSSR count). The van der Waals surface area contributed by atoms with Crippen molar-refractivity contribution in [1.29, 1.82) is 0 Å². The molecule has 3 heteroatoms. The van der Waals surface area contributed by atoms with E-state index in [1.165, 1.54) is 37.4 Å². The number of carbonyl (C=O) groups is 1. The predicted molar refractivity (Wildman–Crippen MR) is 67.0 cm³/mol. The van der Waals surface area contributed by atoms with Gasteiger partial charge in [0.05, 0.1) is 5.94 Å². The quantitative estimate of drug-likeness (QED) is 0.343. The molecule has 0 saturated carbocycles. The lowest BCUT2D eigenvalue weighted by molar-refractivity contribution is -0.107. The number of unbranched alkanes of at least 4 members (excludes halogenated alkanes) is 4. The molecule has 0 fully saturated rings. The Hall–Kier alpha value is -0.280. The maximum absolute atomic E-state index is 11.1. The van der Waals surface area contributed by atoms with Gasteiger partial charge >= 0.3 is 0 Å². The minimum atomic E-state index is 0.0287. The monoisotopic (exact) mass is 230 g/mol. The van der Waals surface area contributed by atoms with Crippen LogP contribution in [0.1, 0.15) is 46.0 Å². The molecule has 0 heterocycles. The maximum atomic E-state index is 11.1. The Morgan fingerprint density at radius 2 is 1.93 bits per heavy atom. The van der Waals surface area contributed by atoms with Crippen molar-refractivity contribution in [2.45, 2.75) is 46.0 Å². The highest BCUT2D eigenvalue weighted by atomic mass is 32.2. The van der Waals surface area contributed by atoms with Crippen molar-refractivity contribution in [3.63, 3.8) is 0 Å². The fourth-order valence-corrected chi connectivity index (χ4v) is 1.64. The fraction of sp³-hybridized carbons (Fsp3) is 0.750. The third-order valence-corrected chi connectivity index (χ3v) is 2.91. The van der Waals surface area contributed by atoms with Gasteiger partial charge in [0.25, 0.3) is 0 Å². The van der Waals surface area contributed by atoms with Gasteiger partial charge in [0.2, 0.25) is 5.12 Å². The third-order valence-electron chi connectivity index (χ3n) is 2.01. The van der Waals surface area contributed by atoms with E-state index in [1.807, 2.05) is 0 Å². The molecular formula is C12H22O2S. The first-order valence-electron chi connectivity index (χ1n) is 5.58. The van der Waals surface area contributed by atoms with Crippen LogP contribution in [-0.2, 0) is 9.53 Å². The highest BCUT2D eigenvalue weighted by Gasteiger charge is 2.01. The average molecular weight is 230 g/mol. The van der Waals surface area contributed by atoms with Crippen LogP contribution in [0.2, 0.25) is 0 Å². The summed E-state index contributed by atoms with van der Waals surface area (Å²) >= 11 is 1.19. The van der Waals surface area contributed by atoms with Gasteiger partial charge in [-0.1, -0.05) is 50.9 Å². The predicted octanol–water partition coefficient (Wildman–Crippen LogP) is 3.77. The van der Waals surface area contributed by atoms with E-state index in [0.717, 1.165) is 13.0 Å². The molecule has 0 spiro atoms. The van der Waals surface area contributed by atoms with Gasteiger partial charge in [0, 0.05) is 6.61 Å². The molecule has 0 aromatic carbocycles. The van der Waals surface area contributed by atoms with Crippen molar-refractivity contribution < 1.29 is 9.53 Å². The van der Waals surface area contributed by atoms with Gasteiger partial charge in [0.1, 0.15) is 0 Å². The van der Waals surface area contributed by atoms with Crippen LogP contribution in [0.25, 0.3) is 0 Å². The summed E-state index contributed by atoms with van der Waals surface area (Å²) in [6.45, 7) is 8.27. The summed E-state index contributed by atoms with van der Waals surface area (Å²) in [5, 5.41) is 0.0287. The largest absolute Gasteiger partial charge is 0.370 e. The lowest BCUT2D eigenvalue weighted by Gasteiger charge is -2.03. The molecule has 0 bridgehead atoms. The molecular weight excluding hydrogens is 208 g/mol. The molecule has 2 nitrogen and oxygen atoms in total.